The summed E-state index contributed by atoms with van der Waals surface area (Å²) in [6.07, 6.45) is 0. The molecule has 1 aliphatic heterocycles. The van der Waals surface area contributed by atoms with Gasteiger partial charge in [0.05, 0.1) is 13.2 Å². The van der Waals surface area contributed by atoms with Crippen molar-refractivity contribution in [3.05, 3.63) is 65.2 Å². The maximum atomic E-state index is 9.48. The number of aliphatic hydroxyl groups excluding tert-OH is 2. The summed E-state index contributed by atoms with van der Waals surface area (Å²) < 4.78 is 5.49. The van der Waals surface area contributed by atoms with Gasteiger partial charge in [0.25, 0.3) is 0 Å². The molecule has 0 amide bonds. The molecule has 1 heterocycles. The lowest BCUT2D eigenvalue weighted by atomic mass is 10.1. The minimum absolute atomic E-state index is 0.0333. The maximum absolute atomic E-state index is 9.48. The molecule has 5 nitrogen and oxygen atoms in total. The van der Waals surface area contributed by atoms with Crippen molar-refractivity contribution in [1.29, 1.82) is 0 Å². The number of rotatable bonds is 8. The Morgan fingerprint density at radius 3 is 2.19 bits per heavy atom. The molecule has 2 aromatic carbocycles. The van der Waals surface area contributed by atoms with E-state index in [1.807, 2.05) is 30.3 Å². The summed E-state index contributed by atoms with van der Waals surface area (Å²) in [6.45, 7) is 6.40. The standard InChI is InChI=1S/C21H28N2O3/c24-12-13-26-21-7-3-4-18(14-21)15-22-8-10-23(11-9-22)16-19-5-1-2-6-20(19)17-25/h1-7,14,24-25H,8-13,15-17H2. The molecule has 3 rings (SSSR count). The number of hydrogen-bond donors (Lipinski definition) is 2. The third-order valence-corrected chi connectivity index (χ3v) is 4.81. The molecule has 5 heteroatoms. The van der Waals surface area contributed by atoms with E-state index in [1.165, 1.54) is 11.1 Å². The smallest absolute Gasteiger partial charge is 0.119 e. The molecule has 1 saturated heterocycles. The van der Waals surface area contributed by atoms with Crippen LogP contribution in [-0.4, -0.2) is 59.4 Å². The highest BCUT2D eigenvalue weighted by atomic mass is 16.5. The van der Waals surface area contributed by atoms with E-state index in [4.69, 9.17) is 9.84 Å². The number of nitrogens with zero attached hydrogens (tertiary/aromatic N) is 2. The van der Waals surface area contributed by atoms with Crippen LogP contribution < -0.4 is 4.74 Å². The van der Waals surface area contributed by atoms with Crippen LogP contribution in [-0.2, 0) is 19.7 Å². The van der Waals surface area contributed by atoms with Crippen molar-refractivity contribution in [2.75, 3.05) is 39.4 Å². The van der Waals surface area contributed by atoms with Crippen molar-refractivity contribution < 1.29 is 14.9 Å². The lowest BCUT2D eigenvalue weighted by molar-refractivity contribution is 0.121. The van der Waals surface area contributed by atoms with Crippen LogP contribution in [0, 0.1) is 0 Å². The normalized spacial score (nSPS) is 15.9. The fourth-order valence-corrected chi connectivity index (χ4v) is 3.37. The second-order valence-electron chi connectivity index (χ2n) is 6.70. The first-order valence-corrected chi connectivity index (χ1v) is 9.23. The predicted molar refractivity (Wildman–Crippen MR) is 102 cm³/mol. The van der Waals surface area contributed by atoms with E-state index in [2.05, 4.69) is 28.0 Å². The van der Waals surface area contributed by atoms with Crippen LogP contribution >= 0.6 is 0 Å². The number of ether oxygens (including phenoxy) is 1. The Hall–Kier alpha value is -1.92. The zero-order chi connectivity index (χ0) is 18.2. The second-order valence-corrected chi connectivity index (χ2v) is 6.70. The molecule has 2 N–H and O–H groups in total. The molecule has 2 aromatic rings. The van der Waals surface area contributed by atoms with Gasteiger partial charge in [-0.05, 0) is 28.8 Å². The van der Waals surface area contributed by atoms with Crippen LogP contribution in [0.4, 0.5) is 0 Å². The summed E-state index contributed by atoms with van der Waals surface area (Å²) in [5, 5.41) is 18.3. The predicted octanol–water partition coefficient (Wildman–Crippen LogP) is 1.87. The number of piperazine rings is 1. The molecule has 0 aromatic heterocycles. The molecule has 0 saturated carbocycles. The highest BCUT2D eigenvalue weighted by molar-refractivity contribution is 5.29. The average Bonchev–Trinajstić information content (AvgIpc) is 2.68. The fraction of sp³-hybridized carbons (Fsp3) is 0.429. The van der Waals surface area contributed by atoms with Gasteiger partial charge in [-0.1, -0.05) is 36.4 Å². The summed E-state index contributed by atoms with van der Waals surface area (Å²) in [6, 6.07) is 16.2. The first-order valence-electron chi connectivity index (χ1n) is 9.23. The molecule has 0 aliphatic carbocycles. The first kappa shape index (κ1) is 18.9. The average molecular weight is 356 g/mol. The summed E-state index contributed by atoms with van der Waals surface area (Å²) in [4.78, 5) is 4.91. The van der Waals surface area contributed by atoms with E-state index < -0.39 is 0 Å². The molecule has 0 radical (unpaired) electrons. The topological polar surface area (TPSA) is 56.2 Å². The molecule has 1 fully saturated rings. The van der Waals surface area contributed by atoms with Crippen molar-refractivity contribution in [3.63, 3.8) is 0 Å². The molecule has 0 bridgehead atoms. The van der Waals surface area contributed by atoms with Crippen LogP contribution in [0.3, 0.4) is 0 Å². The monoisotopic (exact) mass is 356 g/mol. The van der Waals surface area contributed by atoms with Gasteiger partial charge in [0.15, 0.2) is 0 Å². The van der Waals surface area contributed by atoms with Crippen LogP contribution in [0.25, 0.3) is 0 Å². The molecule has 0 spiro atoms. The Morgan fingerprint density at radius 2 is 1.50 bits per heavy atom. The van der Waals surface area contributed by atoms with E-state index in [0.717, 1.165) is 50.6 Å². The summed E-state index contributed by atoms with van der Waals surface area (Å²) in [5.74, 6) is 0.816. The van der Waals surface area contributed by atoms with Gasteiger partial charge in [-0.15, -0.1) is 0 Å². The van der Waals surface area contributed by atoms with Gasteiger partial charge in [-0.2, -0.15) is 0 Å². The zero-order valence-corrected chi connectivity index (χ0v) is 15.2. The molecule has 0 unspecified atom stereocenters. The van der Waals surface area contributed by atoms with Gasteiger partial charge in [0.1, 0.15) is 12.4 Å². The summed E-state index contributed by atoms with van der Waals surface area (Å²) >= 11 is 0. The van der Waals surface area contributed by atoms with Gasteiger partial charge >= 0.3 is 0 Å². The van der Waals surface area contributed by atoms with Crippen LogP contribution in [0.5, 0.6) is 5.75 Å². The van der Waals surface area contributed by atoms with E-state index in [9.17, 15) is 5.11 Å². The third-order valence-electron chi connectivity index (χ3n) is 4.81. The van der Waals surface area contributed by atoms with Gasteiger partial charge in [0.2, 0.25) is 0 Å². The molecule has 0 atom stereocenters. The minimum Gasteiger partial charge on any atom is -0.491 e. The zero-order valence-electron chi connectivity index (χ0n) is 15.2. The van der Waals surface area contributed by atoms with E-state index in [1.54, 1.807) is 0 Å². The van der Waals surface area contributed by atoms with Crippen molar-refractivity contribution in [3.8, 4) is 5.75 Å². The number of benzene rings is 2. The van der Waals surface area contributed by atoms with Gasteiger partial charge in [-0.3, -0.25) is 9.80 Å². The van der Waals surface area contributed by atoms with E-state index >= 15 is 0 Å². The number of hydrogen-bond acceptors (Lipinski definition) is 5. The van der Waals surface area contributed by atoms with Crippen LogP contribution in [0.2, 0.25) is 0 Å². The molecule has 140 valence electrons. The minimum atomic E-state index is 0.0333. The Labute approximate surface area is 155 Å². The van der Waals surface area contributed by atoms with Gasteiger partial charge in [0, 0.05) is 39.3 Å². The molecule has 1 aliphatic rings. The maximum Gasteiger partial charge on any atom is 0.119 e. The highest BCUT2D eigenvalue weighted by Gasteiger charge is 2.18. The largest absolute Gasteiger partial charge is 0.491 e. The van der Waals surface area contributed by atoms with Crippen molar-refractivity contribution in [1.82, 2.24) is 9.80 Å². The summed E-state index contributed by atoms with van der Waals surface area (Å²) in [7, 11) is 0. The number of aliphatic hydroxyl groups is 2. The molecular formula is C21H28N2O3. The lowest BCUT2D eigenvalue weighted by Crippen LogP contribution is -2.45. The SMILES string of the molecule is OCCOc1cccc(CN2CCN(Cc3ccccc3CO)CC2)c1. The fourth-order valence-electron chi connectivity index (χ4n) is 3.37. The first-order chi connectivity index (χ1) is 12.8. The third kappa shape index (κ3) is 5.29. The van der Waals surface area contributed by atoms with Crippen molar-refractivity contribution in [2.45, 2.75) is 19.7 Å². The van der Waals surface area contributed by atoms with Crippen molar-refractivity contribution in [2.24, 2.45) is 0 Å². The van der Waals surface area contributed by atoms with Gasteiger partial charge in [-0.25, -0.2) is 0 Å². The quantitative estimate of drug-likeness (QED) is 0.756. The summed E-state index contributed by atoms with van der Waals surface area (Å²) in [5.41, 5.74) is 3.48. The van der Waals surface area contributed by atoms with E-state index in [-0.39, 0.29) is 13.2 Å². The van der Waals surface area contributed by atoms with Gasteiger partial charge < -0.3 is 14.9 Å². The lowest BCUT2D eigenvalue weighted by Gasteiger charge is -2.35. The molecular weight excluding hydrogens is 328 g/mol. The Balaban J connectivity index is 1.49. The Kier molecular flexibility index (Phi) is 7.03. The molecule has 26 heavy (non-hydrogen) atoms. The van der Waals surface area contributed by atoms with Crippen LogP contribution in [0.15, 0.2) is 48.5 Å². The van der Waals surface area contributed by atoms with Crippen LogP contribution in [0.1, 0.15) is 16.7 Å². The second kappa shape index (κ2) is 9.69. The Bertz CT molecular complexity index is 684. The van der Waals surface area contributed by atoms with Crippen molar-refractivity contribution >= 4 is 0 Å². The van der Waals surface area contributed by atoms with E-state index in [0.29, 0.717) is 6.61 Å². The Morgan fingerprint density at radius 1 is 0.808 bits per heavy atom. The highest BCUT2D eigenvalue weighted by Crippen LogP contribution is 2.17.